The van der Waals surface area contributed by atoms with Gasteiger partial charge in [-0.25, -0.2) is 4.39 Å². The van der Waals surface area contributed by atoms with Gasteiger partial charge in [0.05, 0.1) is 11.0 Å². The Kier molecular flexibility index (Phi) is 3.79. The fourth-order valence-corrected chi connectivity index (χ4v) is 1.86. The van der Waals surface area contributed by atoms with Crippen molar-refractivity contribution < 1.29 is 14.1 Å². The SMILES string of the molecule is Cc1cc(Oc2nc(N)cc(Br)n2)c(F)cc1[N+](=O)[O-]. The standard InChI is InChI=1S/C11H8BrFN4O3/c1-5-2-8(6(13)3-7(5)17(18)19)20-11-15-9(12)4-10(14)16-11/h2-4H,1H3,(H2,14,15,16). The molecule has 104 valence electrons. The highest BCUT2D eigenvalue weighted by Crippen LogP contribution is 2.29. The summed E-state index contributed by atoms with van der Waals surface area (Å²) in [5.74, 6) is -0.962. The molecule has 1 aromatic carbocycles. The molecule has 0 atom stereocenters. The maximum absolute atomic E-state index is 13.7. The summed E-state index contributed by atoms with van der Waals surface area (Å²) in [7, 11) is 0. The van der Waals surface area contributed by atoms with Gasteiger partial charge in [0.2, 0.25) is 0 Å². The predicted molar refractivity (Wildman–Crippen MR) is 72.0 cm³/mol. The van der Waals surface area contributed by atoms with Crippen molar-refractivity contribution >= 4 is 27.4 Å². The molecule has 0 aliphatic rings. The van der Waals surface area contributed by atoms with Crippen LogP contribution in [0, 0.1) is 22.9 Å². The second kappa shape index (κ2) is 5.37. The molecule has 1 aromatic heterocycles. The summed E-state index contributed by atoms with van der Waals surface area (Å²) in [4.78, 5) is 17.6. The third-order valence-corrected chi connectivity index (χ3v) is 2.75. The number of nitro benzene ring substituents is 1. The van der Waals surface area contributed by atoms with E-state index in [1.165, 1.54) is 19.1 Å². The lowest BCUT2D eigenvalue weighted by Crippen LogP contribution is -2.00. The molecule has 0 saturated carbocycles. The lowest BCUT2D eigenvalue weighted by atomic mass is 10.2. The number of nitrogen functional groups attached to an aromatic ring is 1. The number of nitro groups is 1. The summed E-state index contributed by atoms with van der Waals surface area (Å²) in [6.07, 6.45) is 0. The van der Waals surface area contributed by atoms with Crippen molar-refractivity contribution in [2.24, 2.45) is 0 Å². The number of anilines is 1. The Bertz CT molecular complexity index is 675. The number of halogens is 2. The minimum Gasteiger partial charge on any atom is -0.421 e. The molecule has 0 bridgehead atoms. The Labute approximate surface area is 120 Å². The van der Waals surface area contributed by atoms with Gasteiger partial charge in [-0.05, 0) is 28.9 Å². The van der Waals surface area contributed by atoms with E-state index in [9.17, 15) is 14.5 Å². The summed E-state index contributed by atoms with van der Waals surface area (Å²) in [6.45, 7) is 1.47. The molecule has 0 aliphatic heterocycles. The van der Waals surface area contributed by atoms with Crippen LogP contribution in [0.25, 0.3) is 0 Å². The van der Waals surface area contributed by atoms with Gasteiger partial charge in [0.1, 0.15) is 10.4 Å². The van der Waals surface area contributed by atoms with Crippen molar-refractivity contribution in [2.45, 2.75) is 6.92 Å². The zero-order chi connectivity index (χ0) is 14.9. The molecule has 2 aromatic rings. The normalized spacial score (nSPS) is 10.3. The first-order valence-corrected chi connectivity index (χ1v) is 6.08. The molecule has 0 fully saturated rings. The van der Waals surface area contributed by atoms with E-state index >= 15 is 0 Å². The van der Waals surface area contributed by atoms with Gasteiger partial charge < -0.3 is 10.5 Å². The number of aryl methyl sites for hydroxylation is 1. The predicted octanol–water partition coefficient (Wildman–Crippen LogP) is 2.97. The number of hydrogen-bond acceptors (Lipinski definition) is 6. The van der Waals surface area contributed by atoms with Crippen molar-refractivity contribution in [2.75, 3.05) is 5.73 Å². The van der Waals surface area contributed by atoms with Gasteiger partial charge in [0.25, 0.3) is 5.69 Å². The van der Waals surface area contributed by atoms with Crippen molar-refractivity contribution in [3.8, 4) is 11.8 Å². The zero-order valence-corrected chi connectivity index (χ0v) is 11.7. The van der Waals surface area contributed by atoms with Crippen LogP contribution in [0.3, 0.4) is 0 Å². The molecule has 2 N–H and O–H groups in total. The number of rotatable bonds is 3. The second-order valence-electron chi connectivity index (χ2n) is 3.83. The average Bonchev–Trinajstić information content (AvgIpc) is 2.31. The smallest absolute Gasteiger partial charge is 0.325 e. The molecule has 20 heavy (non-hydrogen) atoms. The summed E-state index contributed by atoms with van der Waals surface area (Å²) in [5.41, 5.74) is 5.43. The fraction of sp³-hybridized carbons (Fsp3) is 0.0909. The largest absolute Gasteiger partial charge is 0.421 e. The van der Waals surface area contributed by atoms with Crippen LogP contribution in [0.15, 0.2) is 22.8 Å². The minimum atomic E-state index is -0.885. The van der Waals surface area contributed by atoms with E-state index in [1.807, 2.05) is 0 Å². The minimum absolute atomic E-state index is 0.140. The van der Waals surface area contributed by atoms with Crippen molar-refractivity contribution in [1.29, 1.82) is 0 Å². The first-order valence-electron chi connectivity index (χ1n) is 5.29. The number of benzene rings is 1. The van der Waals surface area contributed by atoms with Gasteiger partial charge in [-0.15, -0.1) is 0 Å². The first-order chi connectivity index (χ1) is 9.36. The first kappa shape index (κ1) is 14.1. The monoisotopic (exact) mass is 342 g/mol. The lowest BCUT2D eigenvalue weighted by molar-refractivity contribution is -0.385. The van der Waals surface area contributed by atoms with Gasteiger partial charge in [0, 0.05) is 11.6 Å². The molecule has 0 unspecified atom stereocenters. The van der Waals surface area contributed by atoms with Crippen LogP contribution in [-0.2, 0) is 0 Å². The molecule has 7 nitrogen and oxygen atoms in total. The molecule has 2 rings (SSSR count). The van der Waals surface area contributed by atoms with Crippen LogP contribution in [0.1, 0.15) is 5.56 Å². The fourth-order valence-electron chi connectivity index (χ4n) is 1.48. The molecule has 1 heterocycles. The Morgan fingerprint density at radius 2 is 2.10 bits per heavy atom. The molecule has 0 saturated heterocycles. The molecule has 0 radical (unpaired) electrons. The number of hydrogen-bond donors (Lipinski definition) is 1. The van der Waals surface area contributed by atoms with Crippen LogP contribution in [0.4, 0.5) is 15.9 Å². The van der Waals surface area contributed by atoms with Gasteiger partial charge in [-0.3, -0.25) is 10.1 Å². The highest BCUT2D eigenvalue weighted by atomic mass is 79.9. The highest BCUT2D eigenvalue weighted by molar-refractivity contribution is 9.10. The second-order valence-corrected chi connectivity index (χ2v) is 4.64. The van der Waals surface area contributed by atoms with E-state index in [2.05, 4.69) is 25.9 Å². The van der Waals surface area contributed by atoms with E-state index in [0.29, 0.717) is 4.60 Å². The van der Waals surface area contributed by atoms with E-state index < -0.39 is 10.7 Å². The summed E-state index contributed by atoms with van der Waals surface area (Å²) in [5, 5.41) is 10.7. The van der Waals surface area contributed by atoms with Crippen molar-refractivity contribution in [3.05, 3.63) is 44.3 Å². The number of nitrogens with zero attached hydrogens (tertiary/aromatic N) is 3. The molecular weight excluding hydrogens is 335 g/mol. The van der Waals surface area contributed by atoms with Crippen LogP contribution in [0.2, 0.25) is 0 Å². The molecule has 0 spiro atoms. The van der Waals surface area contributed by atoms with E-state index in [-0.39, 0.29) is 28.8 Å². The van der Waals surface area contributed by atoms with Gasteiger partial charge in [-0.2, -0.15) is 9.97 Å². The quantitative estimate of drug-likeness (QED) is 0.522. The maximum Gasteiger partial charge on any atom is 0.325 e. The summed E-state index contributed by atoms with van der Waals surface area (Å²) >= 11 is 3.10. The lowest BCUT2D eigenvalue weighted by Gasteiger charge is -2.07. The summed E-state index contributed by atoms with van der Waals surface area (Å²) < 4.78 is 19.3. The zero-order valence-electron chi connectivity index (χ0n) is 10.1. The number of aromatic nitrogens is 2. The topological polar surface area (TPSA) is 104 Å². The molecule has 0 aliphatic carbocycles. The molecular formula is C11H8BrFN4O3. The van der Waals surface area contributed by atoms with Gasteiger partial charge in [0.15, 0.2) is 11.6 Å². The van der Waals surface area contributed by atoms with Crippen LogP contribution < -0.4 is 10.5 Å². The van der Waals surface area contributed by atoms with Crippen LogP contribution in [-0.4, -0.2) is 14.9 Å². The maximum atomic E-state index is 13.7. The Morgan fingerprint density at radius 1 is 1.40 bits per heavy atom. The average molecular weight is 343 g/mol. The molecule has 9 heteroatoms. The third kappa shape index (κ3) is 2.99. The Morgan fingerprint density at radius 3 is 2.70 bits per heavy atom. The van der Waals surface area contributed by atoms with Crippen LogP contribution in [0.5, 0.6) is 11.8 Å². The van der Waals surface area contributed by atoms with Gasteiger partial charge >= 0.3 is 6.01 Å². The van der Waals surface area contributed by atoms with E-state index in [1.54, 1.807) is 0 Å². The van der Waals surface area contributed by atoms with Crippen molar-refractivity contribution in [3.63, 3.8) is 0 Å². The molecule has 0 amide bonds. The highest BCUT2D eigenvalue weighted by Gasteiger charge is 2.17. The number of nitrogens with two attached hydrogens (primary N) is 1. The Hall–Kier alpha value is -2.29. The van der Waals surface area contributed by atoms with E-state index in [0.717, 1.165) is 6.07 Å². The Balaban J connectivity index is 2.39. The van der Waals surface area contributed by atoms with E-state index in [4.69, 9.17) is 10.5 Å². The van der Waals surface area contributed by atoms with Crippen molar-refractivity contribution in [1.82, 2.24) is 9.97 Å². The summed E-state index contributed by atoms with van der Waals surface area (Å²) in [6, 6.07) is 3.27. The van der Waals surface area contributed by atoms with Crippen LogP contribution >= 0.6 is 15.9 Å². The third-order valence-electron chi connectivity index (χ3n) is 2.34. The van der Waals surface area contributed by atoms with Gasteiger partial charge in [-0.1, -0.05) is 0 Å². The number of ether oxygens (including phenoxy) is 1.